The number of nitrogens with two attached hydrogens (primary N) is 1. The van der Waals surface area contributed by atoms with E-state index in [-0.39, 0.29) is 30.7 Å². The molecule has 4 amide bonds. The van der Waals surface area contributed by atoms with E-state index >= 15 is 0 Å². The number of amides is 4. The molecule has 5 N–H and O–H groups in total. The first-order valence-corrected chi connectivity index (χ1v) is 17.4. The summed E-state index contributed by atoms with van der Waals surface area (Å²) in [5, 5.41) is 8.11. The van der Waals surface area contributed by atoms with Crippen molar-refractivity contribution in [2.24, 2.45) is 17.6 Å². The summed E-state index contributed by atoms with van der Waals surface area (Å²) in [5.74, 6) is -1.99. The van der Waals surface area contributed by atoms with Crippen LogP contribution < -0.4 is 21.7 Å². The zero-order chi connectivity index (χ0) is 33.6. The molecule has 13 heteroatoms. The third-order valence-electron chi connectivity index (χ3n) is 8.01. The lowest BCUT2D eigenvalue weighted by molar-refractivity contribution is -0.129. The van der Waals surface area contributed by atoms with Gasteiger partial charge in [-0.05, 0) is 78.2 Å². The Morgan fingerprint density at radius 3 is 2.18 bits per heavy atom. The maximum atomic E-state index is 14.2. The van der Waals surface area contributed by atoms with E-state index in [1.54, 1.807) is 20.8 Å². The summed E-state index contributed by atoms with van der Waals surface area (Å²) in [4.78, 5) is 51.3. The van der Waals surface area contributed by atoms with Gasteiger partial charge in [-0.2, -0.15) is 4.31 Å². The molecule has 252 valence electrons. The first-order valence-electron chi connectivity index (χ1n) is 15.8. The van der Waals surface area contributed by atoms with Crippen molar-refractivity contribution in [3.8, 4) is 0 Å². The van der Waals surface area contributed by atoms with Crippen LogP contribution in [0.5, 0.6) is 0 Å². The second kappa shape index (κ2) is 14.9. The third kappa shape index (κ3) is 11.6. The van der Waals surface area contributed by atoms with Crippen LogP contribution in [-0.2, 0) is 35.6 Å². The van der Waals surface area contributed by atoms with Gasteiger partial charge in [-0.3, -0.25) is 14.4 Å². The highest BCUT2D eigenvalue weighted by Gasteiger charge is 2.46. The van der Waals surface area contributed by atoms with E-state index in [9.17, 15) is 27.6 Å². The lowest BCUT2D eigenvalue weighted by Gasteiger charge is -2.45. The normalized spacial score (nSPS) is 22.3. The molecule has 0 aromatic heterocycles. The summed E-state index contributed by atoms with van der Waals surface area (Å²) in [5.41, 5.74) is 4.75. The molecular weight excluding hydrogens is 598 g/mol. The summed E-state index contributed by atoms with van der Waals surface area (Å²) < 4.78 is 35.1. The van der Waals surface area contributed by atoms with Crippen molar-refractivity contribution in [2.75, 3.05) is 12.3 Å². The minimum absolute atomic E-state index is 0.153. The molecule has 12 nitrogen and oxygen atoms in total. The van der Waals surface area contributed by atoms with Crippen LogP contribution in [-0.4, -0.2) is 78.1 Å². The Morgan fingerprint density at radius 2 is 1.60 bits per heavy atom. The SMILES string of the molecule is CC(C)(C)NC(=O)[C@@H]1C[C@@H]2CCCC[C@@H]2CN1S(=O)(=O)C[C@H](Cc1ccccc1)NC(=O)[C@H](CC(N)=O)NC(=O)OC(C)(C)C. The fourth-order valence-corrected chi connectivity index (χ4v) is 8.05. The van der Waals surface area contributed by atoms with Crippen LogP contribution >= 0.6 is 0 Å². The Kier molecular flexibility index (Phi) is 12.0. The average Bonchev–Trinajstić information content (AvgIpc) is 2.90. The first kappa shape index (κ1) is 36.3. The van der Waals surface area contributed by atoms with Crippen molar-refractivity contribution < 1.29 is 32.3 Å². The van der Waals surface area contributed by atoms with Gasteiger partial charge in [-0.15, -0.1) is 0 Å². The molecule has 1 aromatic carbocycles. The number of benzene rings is 1. The molecule has 0 unspecified atom stereocenters. The highest BCUT2D eigenvalue weighted by atomic mass is 32.2. The van der Waals surface area contributed by atoms with E-state index in [2.05, 4.69) is 16.0 Å². The van der Waals surface area contributed by atoms with Crippen LogP contribution in [0.25, 0.3) is 0 Å². The molecule has 2 fully saturated rings. The molecule has 1 aliphatic heterocycles. The maximum absolute atomic E-state index is 14.2. The number of fused-ring (bicyclic) bond motifs is 1. The molecule has 1 saturated carbocycles. The fraction of sp³-hybridized carbons (Fsp3) is 0.688. The summed E-state index contributed by atoms with van der Waals surface area (Å²) in [6.07, 6.45) is 3.13. The number of hydrogen-bond acceptors (Lipinski definition) is 7. The van der Waals surface area contributed by atoms with Gasteiger partial charge in [0.2, 0.25) is 27.7 Å². The van der Waals surface area contributed by atoms with Gasteiger partial charge in [0, 0.05) is 18.1 Å². The van der Waals surface area contributed by atoms with Gasteiger partial charge in [0.15, 0.2) is 0 Å². The Balaban J connectivity index is 1.90. The zero-order valence-corrected chi connectivity index (χ0v) is 28.2. The zero-order valence-electron chi connectivity index (χ0n) is 27.4. The van der Waals surface area contributed by atoms with E-state index in [0.29, 0.717) is 6.42 Å². The quantitative estimate of drug-likeness (QED) is 0.285. The minimum Gasteiger partial charge on any atom is -0.444 e. The van der Waals surface area contributed by atoms with Crippen molar-refractivity contribution in [3.05, 3.63) is 35.9 Å². The molecule has 2 aliphatic rings. The van der Waals surface area contributed by atoms with Crippen LogP contribution in [0.15, 0.2) is 30.3 Å². The fourth-order valence-electron chi connectivity index (χ4n) is 6.16. The van der Waals surface area contributed by atoms with E-state index in [1.807, 2.05) is 51.1 Å². The monoisotopic (exact) mass is 649 g/mol. The number of ether oxygens (including phenoxy) is 1. The van der Waals surface area contributed by atoms with Crippen LogP contribution in [0.3, 0.4) is 0 Å². The number of carbonyl (C=O) groups is 4. The predicted molar refractivity (Wildman–Crippen MR) is 171 cm³/mol. The number of primary amides is 1. The standard InChI is InChI=1S/C32H51N5O7S/c1-31(2,3)36-29(40)26-17-22-14-10-11-15-23(22)19-37(26)45(42,43)20-24(16-21-12-8-7-9-13-21)34-28(39)25(18-27(33)38)35-30(41)44-32(4,5)6/h7-9,12-13,22-26H,10-11,14-20H2,1-6H3,(H2,33,38)(H,34,39)(H,35,41)(H,36,40)/t22-,23+,24-,25-,26-/m0/s1. The Morgan fingerprint density at radius 1 is 0.978 bits per heavy atom. The van der Waals surface area contributed by atoms with Crippen LogP contribution in [0.2, 0.25) is 0 Å². The maximum Gasteiger partial charge on any atom is 0.408 e. The van der Waals surface area contributed by atoms with Gasteiger partial charge in [-0.1, -0.05) is 49.6 Å². The molecule has 1 aromatic rings. The van der Waals surface area contributed by atoms with Crippen LogP contribution in [0.1, 0.15) is 85.6 Å². The molecule has 0 bridgehead atoms. The van der Waals surface area contributed by atoms with E-state index in [1.165, 1.54) is 4.31 Å². The molecule has 1 heterocycles. The smallest absolute Gasteiger partial charge is 0.408 e. The van der Waals surface area contributed by atoms with Gasteiger partial charge in [0.25, 0.3) is 0 Å². The molecular formula is C32H51N5O7S. The molecule has 5 atom stereocenters. The summed E-state index contributed by atoms with van der Waals surface area (Å²) in [6, 6.07) is 5.88. The topological polar surface area (TPSA) is 177 Å². The van der Waals surface area contributed by atoms with Gasteiger partial charge in [-0.25, -0.2) is 13.2 Å². The molecule has 45 heavy (non-hydrogen) atoms. The Labute approximate surface area is 267 Å². The predicted octanol–water partition coefficient (Wildman–Crippen LogP) is 2.61. The van der Waals surface area contributed by atoms with Crippen molar-refractivity contribution >= 4 is 33.8 Å². The first-order chi connectivity index (χ1) is 20.8. The number of hydrogen-bond donors (Lipinski definition) is 4. The number of sulfonamides is 1. The van der Waals surface area contributed by atoms with Gasteiger partial charge >= 0.3 is 6.09 Å². The van der Waals surface area contributed by atoms with E-state index < -0.39 is 69.4 Å². The summed E-state index contributed by atoms with van der Waals surface area (Å²) >= 11 is 0. The Hall–Kier alpha value is -3.19. The van der Waals surface area contributed by atoms with Crippen molar-refractivity contribution in [3.63, 3.8) is 0 Å². The van der Waals surface area contributed by atoms with E-state index in [0.717, 1.165) is 31.2 Å². The Bertz CT molecular complexity index is 1310. The second-order valence-corrected chi connectivity index (χ2v) is 16.4. The lowest BCUT2D eigenvalue weighted by atomic mass is 9.73. The molecule has 0 radical (unpaired) electrons. The number of rotatable bonds is 11. The highest BCUT2D eigenvalue weighted by Crippen LogP contribution is 2.40. The van der Waals surface area contributed by atoms with Crippen molar-refractivity contribution in [2.45, 2.75) is 116 Å². The number of nitrogens with one attached hydrogen (secondary N) is 3. The molecule has 1 aliphatic carbocycles. The molecule has 0 spiro atoms. The van der Waals surface area contributed by atoms with E-state index in [4.69, 9.17) is 10.5 Å². The molecule has 3 rings (SSSR count). The van der Waals surface area contributed by atoms with Crippen LogP contribution in [0, 0.1) is 11.8 Å². The second-order valence-electron chi connectivity index (χ2n) is 14.4. The van der Waals surface area contributed by atoms with Crippen molar-refractivity contribution in [1.82, 2.24) is 20.3 Å². The minimum atomic E-state index is -4.09. The number of carbonyl (C=O) groups excluding carboxylic acids is 4. The van der Waals surface area contributed by atoms with Gasteiger partial charge in [0.05, 0.1) is 12.2 Å². The van der Waals surface area contributed by atoms with Gasteiger partial charge < -0.3 is 26.4 Å². The summed E-state index contributed by atoms with van der Waals surface area (Å²) in [6.45, 7) is 10.8. The number of nitrogens with zero attached hydrogens (tertiary/aromatic N) is 1. The third-order valence-corrected chi connectivity index (χ3v) is 9.95. The largest absolute Gasteiger partial charge is 0.444 e. The average molecular weight is 650 g/mol. The van der Waals surface area contributed by atoms with Gasteiger partial charge in [0.1, 0.15) is 17.7 Å². The van der Waals surface area contributed by atoms with Crippen molar-refractivity contribution in [1.29, 1.82) is 0 Å². The lowest BCUT2D eigenvalue weighted by Crippen LogP contribution is -2.60. The molecule has 1 saturated heterocycles. The number of alkyl carbamates (subject to hydrolysis) is 1. The highest BCUT2D eigenvalue weighted by molar-refractivity contribution is 7.89. The number of piperidine rings is 1. The van der Waals surface area contributed by atoms with Crippen LogP contribution in [0.4, 0.5) is 4.79 Å². The summed E-state index contributed by atoms with van der Waals surface area (Å²) in [7, 11) is -4.09.